The lowest BCUT2D eigenvalue weighted by Gasteiger charge is -2.20. The maximum absolute atomic E-state index is 12.1. The van der Waals surface area contributed by atoms with Crippen molar-refractivity contribution in [2.75, 3.05) is 0 Å². The van der Waals surface area contributed by atoms with Crippen LogP contribution in [0.15, 0.2) is 52.0 Å². The number of fused-ring (bicyclic) bond motifs is 1. The van der Waals surface area contributed by atoms with Crippen LogP contribution in [0.25, 0.3) is 11.1 Å². The number of aromatic nitrogens is 1. The molecule has 3 aromatic rings. The predicted octanol–water partition coefficient (Wildman–Crippen LogP) is 4.84. The fourth-order valence-corrected chi connectivity index (χ4v) is 3.56. The summed E-state index contributed by atoms with van der Waals surface area (Å²) in [5, 5.41) is 6.50. The minimum absolute atomic E-state index is 0.118. The molecule has 1 N–H and O–H groups in total. The van der Waals surface area contributed by atoms with Crippen molar-refractivity contribution in [2.24, 2.45) is 5.10 Å². The number of hydrogen-bond donors (Lipinski definition) is 1. The van der Waals surface area contributed by atoms with Crippen LogP contribution >= 0.6 is 23.8 Å². The van der Waals surface area contributed by atoms with Gasteiger partial charge in [-0.25, -0.2) is 5.01 Å². The van der Waals surface area contributed by atoms with Crippen LogP contribution in [0.1, 0.15) is 30.5 Å². The lowest BCUT2D eigenvalue weighted by Crippen LogP contribution is -2.24. The number of halogens is 1. The molecule has 25 heavy (non-hydrogen) atoms. The molecular formula is C18H14ClN3O2S. The molecule has 126 valence electrons. The van der Waals surface area contributed by atoms with Gasteiger partial charge >= 0.3 is 0 Å². The van der Waals surface area contributed by atoms with Crippen LogP contribution in [0.3, 0.4) is 0 Å². The second-order valence-corrected chi connectivity index (χ2v) is 6.67. The standard InChI is InChI=1S/C18H14ClN3O2S/c1-10(23)22-16(9-14(21-22)11-5-3-2-4-6-11)12-7-13(19)17-15(8-12)20-18(25)24-17/h2-8,16H,9H2,1H3,(H,20,25). The summed E-state index contributed by atoms with van der Waals surface area (Å²) in [6, 6.07) is 13.3. The molecule has 7 heteroatoms. The lowest BCUT2D eigenvalue weighted by molar-refractivity contribution is -0.130. The summed E-state index contributed by atoms with van der Waals surface area (Å²) in [7, 11) is 0. The number of carbonyl (C=O) groups excluding carboxylic acids is 1. The highest BCUT2D eigenvalue weighted by molar-refractivity contribution is 7.71. The molecule has 4 rings (SSSR count). The number of carbonyl (C=O) groups is 1. The van der Waals surface area contributed by atoms with Gasteiger partial charge in [0, 0.05) is 13.3 Å². The van der Waals surface area contributed by atoms with Crippen molar-refractivity contribution in [3.63, 3.8) is 0 Å². The topological polar surface area (TPSA) is 61.6 Å². The molecule has 1 atom stereocenters. The Morgan fingerprint density at radius 3 is 2.84 bits per heavy atom. The van der Waals surface area contributed by atoms with E-state index in [9.17, 15) is 4.79 Å². The van der Waals surface area contributed by atoms with Crippen LogP contribution in [0, 0.1) is 4.84 Å². The zero-order valence-electron chi connectivity index (χ0n) is 13.3. The fourth-order valence-electron chi connectivity index (χ4n) is 3.10. The van der Waals surface area contributed by atoms with Crippen LogP contribution < -0.4 is 0 Å². The van der Waals surface area contributed by atoms with E-state index in [1.807, 2.05) is 36.4 Å². The van der Waals surface area contributed by atoms with E-state index in [0.717, 1.165) is 16.8 Å². The van der Waals surface area contributed by atoms with Crippen LogP contribution in [-0.2, 0) is 4.79 Å². The molecule has 0 radical (unpaired) electrons. The third-order valence-electron chi connectivity index (χ3n) is 4.22. The van der Waals surface area contributed by atoms with Crippen molar-refractivity contribution < 1.29 is 9.21 Å². The summed E-state index contributed by atoms with van der Waals surface area (Å²) in [5.74, 6) is -0.118. The third kappa shape index (κ3) is 2.88. The first-order valence-corrected chi connectivity index (χ1v) is 8.56. The maximum Gasteiger partial charge on any atom is 0.266 e. The second kappa shape index (κ2) is 6.13. The SMILES string of the molecule is CC(=O)N1N=C(c2ccccc2)CC1c1cc(Cl)c2oc(=S)[nH]c2c1. The van der Waals surface area contributed by atoms with Crippen molar-refractivity contribution in [3.05, 3.63) is 63.5 Å². The number of aromatic amines is 1. The van der Waals surface area contributed by atoms with Crippen LogP contribution in [0.4, 0.5) is 0 Å². The molecule has 2 heterocycles. The van der Waals surface area contributed by atoms with Gasteiger partial charge in [0.25, 0.3) is 4.84 Å². The Labute approximate surface area is 153 Å². The zero-order valence-corrected chi connectivity index (χ0v) is 14.9. The van der Waals surface area contributed by atoms with E-state index in [0.29, 0.717) is 22.5 Å². The Bertz CT molecular complexity index is 1060. The summed E-state index contributed by atoms with van der Waals surface area (Å²) in [6.07, 6.45) is 0.615. The molecule has 1 aromatic heterocycles. The Kier molecular flexibility index (Phi) is 3.94. The maximum atomic E-state index is 12.1. The lowest BCUT2D eigenvalue weighted by atomic mass is 9.98. The average Bonchev–Trinajstić information content (AvgIpc) is 3.19. The predicted molar refractivity (Wildman–Crippen MR) is 99.3 cm³/mol. The number of H-pyrrole nitrogens is 1. The molecule has 5 nitrogen and oxygen atoms in total. The zero-order chi connectivity index (χ0) is 17.6. The molecule has 2 aromatic carbocycles. The summed E-state index contributed by atoms with van der Waals surface area (Å²) < 4.78 is 5.40. The highest BCUT2D eigenvalue weighted by Crippen LogP contribution is 2.36. The van der Waals surface area contributed by atoms with Gasteiger partial charge in [0.05, 0.1) is 22.3 Å². The number of amides is 1. The molecule has 0 spiro atoms. The fraction of sp³-hybridized carbons (Fsp3) is 0.167. The molecule has 0 fully saturated rings. The van der Waals surface area contributed by atoms with Crippen molar-refractivity contribution in [1.29, 1.82) is 0 Å². The number of hydrazone groups is 1. The van der Waals surface area contributed by atoms with E-state index >= 15 is 0 Å². The molecule has 0 saturated heterocycles. The molecule has 1 aliphatic heterocycles. The minimum Gasteiger partial charge on any atom is -0.428 e. The Balaban J connectivity index is 1.77. The summed E-state index contributed by atoms with van der Waals surface area (Å²) in [4.78, 5) is 15.3. The van der Waals surface area contributed by atoms with E-state index in [4.69, 9.17) is 28.2 Å². The quantitative estimate of drug-likeness (QED) is 0.655. The first kappa shape index (κ1) is 16.1. The van der Waals surface area contributed by atoms with Crippen LogP contribution in [0.2, 0.25) is 5.02 Å². The van der Waals surface area contributed by atoms with Crippen molar-refractivity contribution in [1.82, 2.24) is 9.99 Å². The van der Waals surface area contributed by atoms with E-state index in [-0.39, 0.29) is 16.8 Å². The van der Waals surface area contributed by atoms with E-state index in [1.165, 1.54) is 11.9 Å². The van der Waals surface area contributed by atoms with Crippen molar-refractivity contribution in [3.8, 4) is 0 Å². The number of hydrogen-bond acceptors (Lipinski definition) is 4. The van der Waals surface area contributed by atoms with Gasteiger partial charge in [0.1, 0.15) is 0 Å². The van der Waals surface area contributed by atoms with Crippen molar-refractivity contribution >= 4 is 46.5 Å². The number of rotatable bonds is 2. The van der Waals surface area contributed by atoms with Crippen molar-refractivity contribution in [2.45, 2.75) is 19.4 Å². The largest absolute Gasteiger partial charge is 0.428 e. The number of oxazole rings is 1. The highest BCUT2D eigenvalue weighted by Gasteiger charge is 2.32. The smallest absolute Gasteiger partial charge is 0.266 e. The number of nitrogens with one attached hydrogen (secondary N) is 1. The molecule has 0 aliphatic carbocycles. The molecule has 1 unspecified atom stereocenters. The molecule has 0 bridgehead atoms. The normalized spacial score (nSPS) is 17.1. The van der Waals surface area contributed by atoms with Gasteiger partial charge in [0.15, 0.2) is 5.58 Å². The van der Waals surface area contributed by atoms with Gasteiger partial charge in [0.2, 0.25) is 5.91 Å². The summed E-state index contributed by atoms with van der Waals surface area (Å²) in [6.45, 7) is 1.51. The minimum atomic E-state index is -0.216. The highest BCUT2D eigenvalue weighted by atomic mass is 35.5. The first-order valence-electron chi connectivity index (χ1n) is 7.78. The van der Waals surface area contributed by atoms with Gasteiger partial charge < -0.3 is 9.40 Å². The average molecular weight is 372 g/mol. The Morgan fingerprint density at radius 1 is 1.36 bits per heavy atom. The molecular weight excluding hydrogens is 358 g/mol. The van der Waals surface area contributed by atoms with Gasteiger partial charge in [-0.15, -0.1) is 0 Å². The Morgan fingerprint density at radius 2 is 2.12 bits per heavy atom. The molecule has 1 amide bonds. The third-order valence-corrected chi connectivity index (χ3v) is 4.69. The number of benzene rings is 2. The first-order chi connectivity index (χ1) is 12.0. The van der Waals surface area contributed by atoms with Gasteiger partial charge in [-0.3, -0.25) is 4.79 Å². The van der Waals surface area contributed by atoms with Gasteiger partial charge in [-0.05, 0) is 35.5 Å². The van der Waals surface area contributed by atoms with Crippen LogP contribution in [-0.4, -0.2) is 21.6 Å². The second-order valence-electron chi connectivity index (χ2n) is 5.89. The summed E-state index contributed by atoms with van der Waals surface area (Å²) >= 11 is 11.4. The van der Waals surface area contributed by atoms with Gasteiger partial charge in [-0.2, -0.15) is 5.10 Å². The van der Waals surface area contributed by atoms with Crippen LogP contribution in [0.5, 0.6) is 0 Å². The number of nitrogens with zero attached hydrogens (tertiary/aromatic N) is 2. The van der Waals surface area contributed by atoms with Gasteiger partial charge in [-0.1, -0.05) is 41.9 Å². The van der Waals surface area contributed by atoms with E-state index < -0.39 is 0 Å². The van der Waals surface area contributed by atoms with E-state index in [2.05, 4.69) is 10.1 Å². The Hall–Kier alpha value is -2.44. The molecule has 0 saturated carbocycles. The molecule has 1 aliphatic rings. The monoisotopic (exact) mass is 371 g/mol. The van der Waals surface area contributed by atoms with E-state index in [1.54, 1.807) is 6.07 Å². The summed E-state index contributed by atoms with van der Waals surface area (Å²) in [5.41, 5.74) is 3.99.